The van der Waals surface area contributed by atoms with E-state index in [1.54, 1.807) is 0 Å². The van der Waals surface area contributed by atoms with Crippen molar-refractivity contribution in [1.29, 1.82) is 0 Å². The third-order valence-corrected chi connectivity index (χ3v) is 4.16. The molecule has 1 saturated carbocycles. The molecule has 2 rings (SSSR count). The summed E-state index contributed by atoms with van der Waals surface area (Å²) < 4.78 is 38.0. The first kappa shape index (κ1) is 18.9. The summed E-state index contributed by atoms with van der Waals surface area (Å²) in [5, 5.41) is 5.41. The lowest BCUT2D eigenvalue weighted by Gasteiger charge is -2.38. The molecule has 9 heteroatoms. The summed E-state index contributed by atoms with van der Waals surface area (Å²) >= 11 is 0. The van der Waals surface area contributed by atoms with Crippen LogP contribution >= 0.6 is 0 Å². The monoisotopic (exact) mass is 356 g/mol. The molecule has 1 fully saturated rings. The molecule has 136 valence electrons. The van der Waals surface area contributed by atoms with Gasteiger partial charge in [0.15, 0.2) is 0 Å². The molecule has 0 unspecified atom stereocenters. The van der Waals surface area contributed by atoms with Gasteiger partial charge in [0.05, 0.1) is 5.54 Å². The van der Waals surface area contributed by atoms with Gasteiger partial charge in [0.2, 0.25) is 5.91 Å². The van der Waals surface area contributed by atoms with Crippen molar-refractivity contribution in [3.63, 3.8) is 0 Å². The van der Waals surface area contributed by atoms with Crippen LogP contribution in [0.3, 0.4) is 0 Å². The van der Waals surface area contributed by atoms with Crippen LogP contribution in [0.5, 0.6) is 0 Å². The maximum absolute atomic E-state index is 12.7. The zero-order chi connectivity index (χ0) is 18.5. The first-order chi connectivity index (χ1) is 11.8. The van der Waals surface area contributed by atoms with Crippen LogP contribution < -0.4 is 10.6 Å². The maximum atomic E-state index is 12.7. The molecule has 0 bridgehead atoms. The standard InChI is InChI=1S/C16H19F3N4O2/c1-2-13(24)23-15(6-4-3-5-7-15)9-20-14(25)11-8-12(16(17,18)19)22-10-21-11/h2,8,10H,1,3-7,9H2,(H,20,25)(H,23,24). The van der Waals surface area contributed by atoms with Gasteiger partial charge in [-0.2, -0.15) is 13.2 Å². The SMILES string of the molecule is C=CC(=O)NC1(CNC(=O)c2cc(C(F)(F)F)ncn2)CCCCC1. The molecule has 1 aliphatic rings. The summed E-state index contributed by atoms with van der Waals surface area (Å²) in [6.07, 6.45) is 1.35. The van der Waals surface area contributed by atoms with E-state index in [1.807, 2.05) is 0 Å². The lowest BCUT2D eigenvalue weighted by atomic mass is 9.81. The van der Waals surface area contributed by atoms with E-state index < -0.39 is 23.3 Å². The molecule has 0 aliphatic heterocycles. The van der Waals surface area contributed by atoms with Crippen molar-refractivity contribution in [1.82, 2.24) is 20.6 Å². The third-order valence-electron chi connectivity index (χ3n) is 4.16. The topological polar surface area (TPSA) is 84.0 Å². The van der Waals surface area contributed by atoms with Gasteiger partial charge < -0.3 is 10.6 Å². The van der Waals surface area contributed by atoms with Crippen LogP contribution in [0.15, 0.2) is 25.0 Å². The molecule has 1 aliphatic carbocycles. The number of hydrogen-bond donors (Lipinski definition) is 2. The zero-order valence-electron chi connectivity index (χ0n) is 13.5. The minimum Gasteiger partial charge on any atom is -0.348 e. The summed E-state index contributed by atoms with van der Waals surface area (Å²) in [6.45, 7) is 3.52. The van der Waals surface area contributed by atoms with Crippen molar-refractivity contribution in [3.05, 3.63) is 36.4 Å². The number of aromatic nitrogens is 2. The zero-order valence-corrected chi connectivity index (χ0v) is 13.5. The molecule has 1 aromatic heterocycles. The van der Waals surface area contributed by atoms with Crippen molar-refractivity contribution in [2.24, 2.45) is 0 Å². The van der Waals surface area contributed by atoms with E-state index >= 15 is 0 Å². The minimum atomic E-state index is -4.65. The fraction of sp³-hybridized carbons (Fsp3) is 0.500. The number of carbonyl (C=O) groups is 2. The highest BCUT2D eigenvalue weighted by Crippen LogP contribution is 2.28. The molecule has 6 nitrogen and oxygen atoms in total. The summed E-state index contributed by atoms with van der Waals surface area (Å²) in [4.78, 5) is 30.5. The second kappa shape index (κ2) is 7.62. The van der Waals surface area contributed by atoms with Crippen molar-refractivity contribution < 1.29 is 22.8 Å². The summed E-state index contributed by atoms with van der Waals surface area (Å²) in [6, 6.07) is 0.602. The highest BCUT2D eigenvalue weighted by Gasteiger charge is 2.35. The number of nitrogens with zero attached hydrogens (tertiary/aromatic N) is 2. The molecule has 0 spiro atoms. The highest BCUT2D eigenvalue weighted by atomic mass is 19.4. The Balaban J connectivity index is 2.08. The smallest absolute Gasteiger partial charge is 0.348 e. The second-order valence-corrected chi connectivity index (χ2v) is 6.00. The van der Waals surface area contributed by atoms with Crippen molar-refractivity contribution >= 4 is 11.8 Å². The van der Waals surface area contributed by atoms with Crippen LogP contribution in [0, 0.1) is 0 Å². The van der Waals surface area contributed by atoms with E-state index in [-0.39, 0.29) is 18.1 Å². The molecule has 0 atom stereocenters. The van der Waals surface area contributed by atoms with E-state index in [9.17, 15) is 22.8 Å². The predicted molar refractivity (Wildman–Crippen MR) is 83.5 cm³/mol. The van der Waals surface area contributed by atoms with Crippen molar-refractivity contribution in [3.8, 4) is 0 Å². The normalized spacial score (nSPS) is 16.8. The Morgan fingerprint density at radius 2 is 1.92 bits per heavy atom. The molecular weight excluding hydrogens is 337 g/mol. The van der Waals surface area contributed by atoms with Crippen LogP contribution in [0.4, 0.5) is 13.2 Å². The van der Waals surface area contributed by atoms with E-state index in [2.05, 4.69) is 27.2 Å². The van der Waals surface area contributed by atoms with Gasteiger partial charge in [0.25, 0.3) is 5.91 Å². The molecule has 0 aromatic carbocycles. The van der Waals surface area contributed by atoms with Crippen LogP contribution in [0.25, 0.3) is 0 Å². The van der Waals surface area contributed by atoms with E-state index in [0.29, 0.717) is 25.2 Å². The Morgan fingerprint density at radius 1 is 1.24 bits per heavy atom. The minimum absolute atomic E-state index is 0.108. The van der Waals surface area contributed by atoms with Crippen molar-refractivity contribution in [2.75, 3.05) is 6.54 Å². The van der Waals surface area contributed by atoms with Gasteiger partial charge in [0, 0.05) is 12.6 Å². The van der Waals surface area contributed by atoms with Crippen LogP contribution in [-0.4, -0.2) is 33.9 Å². The first-order valence-corrected chi connectivity index (χ1v) is 7.88. The van der Waals surface area contributed by atoms with E-state index in [0.717, 1.165) is 25.3 Å². The Labute approximate surface area is 142 Å². The van der Waals surface area contributed by atoms with Gasteiger partial charge in [0.1, 0.15) is 17.7 Å². The molecule has 0 radical (unpaired) electrons. The van der Waals surface area contributed by atoms with Gasteiger partial charge in [-0.25, -0.2) is 9.97 Å². The molecule has 1 heterocycles. The quantitative estimate of drug-likeness (QED) is 0.793. The number of halogens is 3. The fourth-order valence-corrected chi connectivity index (χ4v) is 2.86. The number of carbonyl (C=O) groups excluding carboxylic acids is 2. The molecule has 2 amide bonds. The molecule has 25 heavy (non-hydrogen) atoms. The number of rotatable bonds is 5. The molecule has 2 N–H and O–H groups in total. The van der Waals surface area contributed by atoms with Gasteiger partial charge in [-0.05, 0) is 18.9 Å². The largest absolute Gasteiger partial charge is 0.433 e. The number of alkyl halides is 3. The highest BCUT2D eigenvalue weighted by molar-refractivity contribution is 5.92. The third kappa shape index (κ3) is 5.01. The van der Waals surface area contributed by atoms with Gasteiger partial charge >= 0.3 is 6.18 Å². The Morgan fingerprint density at radius 3 is 2.52 bits per heavy atom. The van der Waals surface area contributed by atoms with E-state index in [1.165, 1.54) is 0 Å². The van der Waals surface area contributed by atoms with Gasteiger partial charge in [-0.3, -0.25) is 9.59 Å². The fourth-order valence-electron chi connectivity index (χ4n) is 2.86. The molecule has 0 saturated heterocycles. The van der Waals surface area contributed by atoms with Gasteiger partial charge in [-0.15, -0.1) is 0 Å². The molecule has 1 aromatic rings. The average Bonchev–Trinajstić information content (AvgIpc) is 2.60. The maximum Gasteiger partial charge on any atom is 0.433 e. The average molecular weight is 356 g/mol. The van der Waals surface area contributed by atoms with E-state index in [4.69, 9.17) is 0 Å². The van der Waals surface area contributed by atoms with Crippen LogP contribution in [0.2, 0.25) is 0 Å². The lowest BCUT2D eigenvalue weighted by Crippen LogP contribution is -2.56. The number of hydrogen-bond acceptors (Lipinski definition) is 4. The number of amides is 2. The van der Waals surface area contributed by atoms with Crippen LogP contribution in [-0.2, 0) is 11.0 Å². The molecular formula is C16H19F3N4O2. The Kier molecular flexibility index (Phi) is 5.76. The predicted octanol–water partition coefficient (Wildman–Crippen LogP) is 2.23. The first-order valence-electron chi connectivity index (χ1n) is 7.88. The summed E-state index contributed by atoms with van der Waals surface area (Å²) in [5.41, 5.74) is -2.18. The van der Waals surface area contributed by atoms with Gasteiger partial charge in [-0.1, -0.05) is 25.8 Å². The summed E-state index contributed by atoms with van der Waals surface area (Å²) in [5.74, 6) is -1.09. The lowest BCUT2D eigenvalue weighted by molar-refractivity contribution is -0.141. The Hall–Kier alpha value is -2.45. The second-order valence-electron chi connectivity index (χ2n) is 6.00. The van der Waals surface area contributed by atoms with Crippen LogP contribution in [0.1, 0.15) is 48.3 Å². The summed E-state index contributed by atoms with van der Waals surface area (Å²) in [7, 11) is 0. The number of nitrogens with one attached hydrogen (secondary N) is 2. The van der Waals surface area contributed by atoms with Crippen molar-refractivity contribution in [2.45, 2.75) is 43.8 Å². The Bertz CT molecular complexity index is 655.